The summed E-state index contributed by atoms with van der Waals surface area (Å²) < 4.78 is 0. The van der Waals surface area contributed by atoms with Crippen LogP contribution < -0.4 is 0 Å². The number of hydrogen-bond acceptors (Lipinski definition) is 3. The van der Waals surface area contributed by atoms with Crippen LogP contribution in [0.15, 0.2) is 4.99 Å². The lowest BCUT2D eigenvalue weighted by atomic mass is 10.7. The first-order chi connectivity index (χ1) is 3.77. The molecule has 0 saturated heterocycles. The van der Waals surface area contributed by atoms with Gasteiger partial charge in [0.1, 0.15) is 6.21 Å². The summed E-state index contributed by atoms with van der Waals surface area (Å²) in [6.45, 7) is 0.0517. The Labute approximate surface area is 46.5 Å². The predicted molar refractivity (Wildman–Crippen MR) is 28.1 cm³/mol. The summed E-state index contributed by atoms with van der Waals surface area (Å²) in [5, 5.41) is 16.0. The highest BCUT2D eigenvalue weighted by Gasteiger charge is 1.82. The van der Waals surface area contributed by atoms with Crippen LogP contribution in [-0.2, 0) is 4.79 Å². The van der Waals surface area contributed by atoms with E-state index in [0.29, 0.717) is 0 Å². The number of nitrogens with zero attached hydrogens (tertiary/aromatic N) is 1. The third-order valence-electron chi connectivity index (χ3n) is 0.431. The SMILES string of the molecule is O=C(O)C=NCCO. The van der Waals surface area contributed by atoms with E-state index in [4.69, 9.17) is 10.2 Å². The quantitative estimate of drug-likeness (QED) is 0.472. The second kappa shape index (κ2) is 4.26. The fraction of sp³-hybridized carbons (Fsp3) is 0.500. The van der Waals surface area contributed by atoms with E-state index in [0.717, 1.165) is 6.21 Å². The molecule has 0 aliphatic rings. The fourth-order valence-electron chi connectivity index (χ4n) is 0.200. The number of aliphatic hydroxyl groups excluding tert-OH is 1. The second-order valence-electron chi connectivity index (χ2n) is 1.10. The zero-order valence-corrected chi connectivity index (χ0v) is 4.24. The lowest BCUT2D eigenvalue weighted by molar-refractivity contribution is -0.128. The summed E-state index contributed by atoms with van der Waals surface area (Å²) in [4.78, 5) is 13.0. The Kier molecular flexibility index (Phi) is 3.78. The minimum absolute atomic E-state index is 0.107. The van der Waals surface area contributed by atoms with Gasteiger partial charge in [0, 0.05) is 0 Å². The van der Waals surface area contributed by atoms with Gasteiger partial charge in [-0.25, -0.2) is 4.79 Å². The van der Waals surface area contributed by atoms with Crippen LogP contribution in [0.4, 0.5) is 0 Å². The summed E-state index contributed by atoms with van der Waals surface area (Å²) in [7, 11) is 0. The number of aliphatic carboxylic acids is 1. The third-order valence-corrected chi connectivity index (χ3v) is 0.431. The first-order valence-corrected chi connectivity index (χ1v) is 2.11. The number of carboxylic acids is 1. The van der Waals surface area contributed by atoms with Crippen molar-refractivity contribution in [1.29, 1.82) is 0 Å². The van der Waals surface area contributed by atoms with E-state index >= 15 is 0 Å². The van der Waals surface area contributed by atoms with Gasteiger partial charge in [-0.15, -0.1) is 0 Å². The zero-order valence-electron chi connectivity index (χ0n) is 4.24. The maximum Gasteiger partial charge on any atom is 0.346 e. The molecule has 0 rings (SSSR count). The summed E-state index contributed by atoms with van der Waals surface area (Å²) in [5.74, 6) is -1.08. The standard InChI is InChI=1S/C4H7NO3/c6-2-1-5-3-4(7)8/h3,6H,1-2H2,(H,7,8). The predicted octanol–water partition coefficient (Wildman–Crippen LogP) is -0.866. The summed E-state index contributed by atoms with van der Waals surface area (Å²) in [6, 6.07) is 0. The highest BCUT2D eigenvalue weighted by molar-refractivity contribution is 6.21. The molecule has 0 saturated carbocycles. The van der Waals surface area contributed by atoms with Crippen molar-refractivity contribution in [2.75, 3.05) is 13.2 Å². The van der Waals surface area contributed by atoms with Crippen molar-refractivity contribution in [3.63, 3.8) is 0 Å². The van der Waals surface area contributed by atoms with E-state index in [2.05, 4.69) is 4.99 Å². The van der Waals surface area contributed by atoms with E-state index in [1.165, 1.54) is 0 Å². The molecule has 8 heavy (non-hydrogen) atoms. The first-order valence-electron chi connectivity index (χ1n) is 2.11. The average Bonchev–Trinajstić information content (AvgIpc) is 1.66. The Morgan fingerprint density at radius 3 is 2.75 bits per heavy atom. The monoisotopic (exact) mass is 117 g/mol. The van der Waals surface area contributed by atoms with Gasteiger partial charge >= 0.3 is 5.97 Å². The van der Waals surface area contributed by atoms with Gasteiger partial charge in [-0.3, -0.25) is 4.99 Å². The minimum Gasteiger partial charge on any atom is -0.477 e. The molecule has 0 aromatic rings. The molecule has 0 aliphatic heterocycles. The molecule has 0 spiro atoms. The molecule has 0 atom stereocenters. The number of rotatable bonds is 3. The number of hydrogen-bond donors (Lipinski definition) is 2. The Morgan fingerprint density at radius 1 is 1.75 bits per heavy atom. The fourth-order valence-corrected chi connectivity index (χ4v) is 0.200. The van der Waals surface area contributed by atoms with Gasteiger partial charge in [0.2, 0.25) is 0 Å². The van der Waals surface area contributed by atoms with E-state index in [9.17, 15) is 4.79 Å². The van der Waals surface area contributed by atoms with Crippen LogP contribution in [0.3, 0.4) is 0 Å². The molecular weight excluding hydrogens is 110 g/mol. The minimum atomic E-state index is -1.08. The Morgan fingerprint density at radius 2 is 2.38 bits per heavy atom. The van der Waals surface area contributed by atoms with Crippen molar-refractivity contribution < 1.29 is 15.0 Å². The Hall–Kier alpha value is -0.900. The molecule has 0 aliphatic carbocycles. The van der Waals surface area contributed by atoms with Crippen molar-refractivity contribution in [3.05, 3.63) is 0 Å². The molecule has 0 fully saturated rings. The maximum atomic E-state index is 9.64. The molecule has 0 aromatic heterocycles. The second-order valence-corrected chi connectivity index (χ2v) is 1.10. The zero-order chi connectivity index (χ0) is 6.41. The lowest BCUT2D eigenvalue weighted by Crippen LogP contribution is -1.97. The molecule has 0 unspecified atom stereocenters. The first kappa shape index (κ1) is 7.10. The normalized spacial score (nSPS) is 10.1. The van der Waals surface area contributed by atoms with Crippen LogP contribution in [-0.4, -0.2) is 35.5 Å². The number of aliphatic hydroxyl groups is 1. The van der Waals surface area contributed by atoms with Crippen molar-refractivity contribution in [2.24, 2.45) is 4.99 Å². The van der Waals surface area contributed by atoms with E-state index in [-0.39, 0.29) is 13.2 Å². The molecular formula is C4H7NO3. The van der Waals surface area contributed by atoms with Gasteiger partial charge in [0.15, 0.2) is 0 Å². The molecule has 0 amide bonds. The highest BCUT2D eigenvalue weighted by atomic mass is 16.4. The summed E-state index contributed by atoms with van der Waals surface area (Å²) >= 11 is 0. The van der Waals surface area contributed by atoms with Gasteiger partial charge in [0.25, 0.3) is 0 Å². The van der Waals surface area contributed by atoms with Crippen molar-refractivity contribution in [1.82, 2.24) is 0 Å². The molecule has 0 bridgehead atoms. The summed E-state index contributed by atoms with van der Waals surface area (Å²) in [5.41, 5.74) is 0. The molecule has 4 heteroatoms. The lowest BCUT2D eigenvalue weighted by Gasteiger charge is -1.80. The van der Waals surface area contributed by atoms with Crippen molar-refractivity contribution >= 4 is 12.2 Å². The Balaban J connectivity index is 3.20. The average molecular weight is 117 g/mol. The molecule has 2 N–H and O–H groups in total. The molecule has 0 heterocycles. The van der Waals surface area contributed by atoms with Crippen LogP contribution in [0.1, 0.15) is 0 Å². The molecule has 4 nitrogen and oxygen atoms in total. The van der Waals surface area contributed by atoms with E-state index in [1.54, 1.807) is 0 Å². The van der Waals surface area contributed by atoms with Crippen LogP contribution >= 0.6 is 0 Å². The van der Waals surface area contributed by atoms with Gasteiger partial charge < -0.3 is 10.2 Å². The van der Waals surface area contributed by atoms with Gasteiger partial charge in [-0.1, -0.05) is 0 Å². The van der Waals surface area contributed by atoms with Crippen LogP contribution in [0, 0.1) is 0 Å². The highest BCUT2D eigenvalue weighted by Crippen LogP contribution is 1.63. The smallest absolute Gasteiger partial charge is 0.346 e. The number of carbonyl (C=O) groups is 1. The van der Waals surface area contributed by atoms with Gasteiger partial charge in [-0.2, -0.15) is 0 Å². The maximum absolute atomic E-state index is 9.64. The number of carboxylic acid groups (broad SMARTS) is 1. The molecule has 46 valence electrons. The number of aliphatic imine (C=N–C) groups is 1. The largest absolute Gasteiger partial charge is 0.477 e. The van der Waals surface area contributed by atoms with Crippen molar-refractivity contribution in [2.45, 2.75) is 0 Å². The van der Waals surface area contributed by atoms with Crippen LogP contribution in [0.2, 0.25) is 0 Å². The van der Waals surface area contributed by atoms with Gasteiger partial charge in [-0.05, 0) is 0 Å². The van der Waals surface area contributed by atoms with Gasteiger partial charge in [0.05, 0.1) is 13.2 Å². The molecule has 0 aromatic carbocycles. The topological polar surface area (TPSA) is 69.9 Å². The summed E-state index contributed by atoms with van der Waals surface area (Å²) in [6.07, 6.45) is 0.760. The van der Waals surface area contributed by atoms with E-state index in [1.807, 2.05) is 0 Å². The molecule has 0 radical (unpaired) electrons. The van der Waals surface area contributed by atoms with Crippen molar-refractivity contribution in [3.8, 4) is 0 Å². The Bertz CT molecular complexity index is 99.5. The van der Waals surface area contributed by atoms with Crippen LogP contribution in [0.25, 0.3) is 0 Å². The van der Waals surface area contributed by atoms with E-state index < -0.39 is 5.97 Å². The van der Waals surface area contributed by atoms with Crippen LogP contribution in [0.5, 0.6) is 0 Å². The third kappa shape index (κ3) is 5.10.